The van der Waals surface area contributed by atoms with Crippen molar-refractivity contribution in [1.29, 1.82) is 0 Å². The van der Waals surface area contributed by atoms with Crippen LogP contribution in [0.2, 0.25) is 0 Å². The van der Waals surface area contributed by atoms with Crippen molar-refractivity contribution in [3.63, 3.8) is 0 Å². The van der Waals surface area contributed by atoms with E-state index in [-0.39, 0.29) is 13.1 Å². The van der Waals surface area contributed by atoms with Gasteiger partial charge in [0.2, 0.25) is 0 Å². The van der Waals surface area contributed by atoms with Gasteiger partial charge in [-0.1, -0.05) is 18.2 Å². The van der Waals surface area contributed by atoms with E-state index >= 15 is 0 Å². The summed E-state index contributed by atoms with van der Waals surface area (Å²) in [6.45, 7) is 3.41. The van der Waals surface area contributed by atoms with Crippen molar-refractivity contribution >= 4 is 156 Å². The van der Waals surface area contributed by atoms with Gasteiger partial charge in [0.15, 0.2) is 40.7 Å². The Morgan fingerprint density at radius 1 is 0.427 bits per heavy atom. The minimum atomic E-state index is -2.63. The quantitative estimate of drug-likeness (QED) is 0.0518. The molecule has 16 heterocycles. The predicted octanol–water partition coefficient (Wildman–Crippen LogP) is 14.9. The van der Waals surface area contributed by atoms with E-state index in [1.807, 2.05) is 177 Å². The predicted molar refractivity (Wildman–Crippen MR) is 420 cm³/mol. The van der Waals surface area contributed by atoms with E-state index in [2.05, 4.69) is 142 Å². The summed E-state index contributed by atoms with van der Waals surface area (Å²) in [5.74, 6) is 2.38. The molecule has 31 heteroatoms. The number of nitrogens with two attached hydrogens (primary N) is 1. The number of alkyl halides is 2. The number of primary amides is 1. The molecule has 110 heavy (non-hydrogen) atoms. The lowest BCUT2D eigenvalue weighted by Crippen LogP contribution is -2.56. The van der Waals surface area contributed by atoms with Crippen LogP contribution in [0.3, 0.4) is 0 Å². The summed E-state index contributed by atoms with van der Waals surface area (Å²) in [7, 11) is 0. The Labute approximate surface area is 619 Å². The van der Waals surface area contributed by atoms with Gasteiger partial charge in [0.05, 0.1) is 63.8 Å². The molecule has 0 spiro atoms. The summed E-state index contributed by atoms with van der Waals surface area (Å²) in [6, 6.07) is 57.0. The molecule has 1 aliphatic rings. The number of carbonyl (C=O) groups excluding carboxylic acids is 1. The third kappa shape index (κ3) is 13.0. The fourth-order valence-electron chi connectivity index (χ4n) is 13.2. The highest BCUT2D eigenvalue weighted by Gasteiger charge is 2.45. The normalized spacial score (nSPS) is 12.4. The standard InChI is InChI=1S/C23H17N7.C19H14N8O.C19H15N7.C18H14F2N6/c1-14-17-5-2-3-7-20(17)30(29-14)23-18-9-8-16(13-15(18)10-12-25-23)26-22-21-19(27-28-22)6-4-11-24-21;20-17(28)12-9-23-27(10-12)19-14-4-3-13(8-11(14)5-7-22-19)24-18-16-15(25-26-18)2-1-6-21-16;1-12-7-10-26(25-12)19-15-5-4-14(11-13(15)6-9-21-19)22-18-17-16(23-24-18)3-2-8-20-17;19-18(20)9-26(10-18)17-13-4-3-12(8-11(13)5-7-22-17)23-16-15-14(24-25-16)2-1-6-21-15/h2-13H,1H3,(H2,26,27,28);1-10H,(H2,20,28)(H2,24,25,26);2-11H,1H3,(H2,22,23,24);1-8H,9-10H2,(H2,23,24,25). The number of rotatable bonds is 13. The van der Waals surface area contributed by atoms with Gasteiger partial charge in [0.1, 0.15) is 27.9 Å². The first-order valence-corrected chi connectivity index (χ1v) is 34.6. The van der Waals surface area contributed by atoms with Gasteiger partial charge in [0.25, 0.3) is 11.8 Å². The molecule has 0 bridgehead atoms. The van der Waals surface area contributed by atoms with E-state index in [0.717, 1.165) is 144 Å². The molecule has 1 saturated heterocycles. The van der Waals surface area contributed by atoms with E-state index in [0.29, 0.717) is 40.5 Å². The summed E-state index contributed by atoms with van der Waals surface area (Å²) >= 11 is 0. The number of aryl methyl sites for hydroxylation is 2. The molecule has 1 fully saturated rings. The summed E-state index contributed by atoms with van der Waals surface area (Å²) in [6.07, 6.45) is 18.8. The molecule has 536 valence electrons. The van der Waals surface area contributed by atoms with E-state index < -0.39 is 11.8 Å². The number of aromatic nitrogens is 22. The number of anilines is 9. The van der Waals surface area contributed by atoms with Gasteiger partial charge in [0, 0.05) is 112 Å². The molecule has 0 aliphatic carbocycles. The van der Waals surface area contributed by atoms with Crippen LogP contribution in [-0.2, 0) is 0 Å². The average molecular weight is 1460 g/mol. The maximum Gasteiger partial charge on any atom is 0.282 e. The second-order valence-electron chi connectivity index (χ2n) is 25.8. The molecule has 0 unspecified atom stereocenters. The fourth-order valence-corrected chi connectivity index (χ4v) is 13.2. The van der Waals surface area contributed by atoms with Crippen LogP contribution in [0.1, 0.15) is 21.7 Å². The number of hydrogen-bond donors (Lipinski definition) is 9. The van der Waals surface area contributed by atoms with Crippen LogP contribution >= 0.6 is 0 Å². The van der Waals surface area contributed by atoms with Crippen molar-refractivity contribution in [3.05, 3.63) is 261 Å². The van der Waals surface area contributed by atoms with Crippen molar-refractivity contribution in [3.8, 4) is 17.5 Å². The van der Waals surface area contributed by atoms with Crippen LogP contribution in [0.15, 0.2) is 244 Å². The Bertz CT molecular complexity index is 6870. The first-order chi connectivity index (χ1) is 53.8. The molecular weight excluding hydrogens is 1400 g/mol. The van der Waals surface area contributed by atoms with E-state index in [1.54, 1.807) is 63.8 Å². The third-order valence-electron chi connectivity index (χ3n) is 18.4. The third-order valence-corrected chi connectivity index (χ3v) is 18.4. The Hall–Kier alpha value is -15.6. The van der Waals surface area contributed by atoms with Gasteiger partial charge in [-0.25, -0.2) is 42.8 Å². The maximum absolute atomic E-state index is 13.2. The summed E-state index contributed by atoms with van der Waals surface area (Å²) < 4.78 is 31.6. The van der Waals surface area contributed by atoms with Gasteiger partial charge in [-0.15, -0.1) is 0 Å². The topological polar surface area (TPSA) is 366 Å². The molecule has 21 rings (SSSR count). The highest BCUT2D eigenvalue weighted by Crippen LogP contribution is 2.37. The number of carbonyl (C=O) groups is 1. The Kier molecular flexibility index (Phi) is 16.8. The second-order valence-corrected chi connectivity index (χ2v) is 25.8. The minimum absolute atomic E-state index is 0.288. The number of nitrogens with zero attached hydrogens (tertiary/aromatic N) is 19. The molecular formula is C79H60F2N28O. The number of amides is 1. The first-order valence-electron chi connectivity index (χ1n) is 34.6. The minimum Gasteiger partial charge on any atom is -0.366 e. The van der Waals surface area contributed by atoms with Crippen LogP contribution in [0.5, 0.6) is 0 Å². The molecule has 10 N–H and O–H groups in total. The van der Waals surface area contributed by atoms with Crippen LogP contribution in [0, 0.1) is 13.8 Å². The highest BCUT2D eigenvalue weighted by molar-refractivity contribution is 6.00. The molecule has 0 radical (unpaired) electrons. The average Bonchev–Trinajstić information content (AvgIpc) is 1.78. The largest absolute Gasteiger partial charge is 0.366 e. The zero-order chi connectivity index (χ0) is 74.4. The van der Waals surface area contributed by atoms with Gasteiger partial charge < -0.3 is 31.9 Å². The van der Waals surface area contributed by atoms with Gasteiger partial charge in [-0.05, 0) is 193 Å². The van der Waals surface area contributed by atoms with Crippen LogP contribution in [-0.4, -0.2) is 135 Å². The number of hydrogen-bond acceptors (Lipinski definition) is 21. The monoisotopic (exact) mass is 1450 g/mol. The van der Waals surface area contributed by atoms with Crippen molar-refractivity contribution in [2.75, 3.05) is 39.3 Å². The smallest absolute Gasteiger partial charge is 0.282 e. The van der Waals surface area contributed by atoms with E-state index in [4.69, 9.17) is 10.8 Å². The molecule has 20 aromatic rings. The SMILES string of the molecule is Cc1ccn(-c2nccc3cc(Nc4n[nH]c5cccnc45)ccc23)n1.Cc1nn(-c2nccc3cc(Nc4n[nH]c5cccnc45)ccc23)c2ccccc12.FC1(F)CN(c2nccc3cc(Nc4n[nH]c5cccnc45)ccc23)C1.NC(=O)c1cnn(-c2nccc3cc(Nc4n[nH]c5cccnc45)ccc23)c1. The molecule has 0 atom stereocenters. The van der Waals surface area contributed by atoms with E-state index in [1.165, 1.54) is 6.20 Å². The van der Waals surface area contributed by atoms with Gasteiger partial charge in [-0.3, -0.25) is 45.1 Å². The summed E-state index contributed by atoms with van der Waals surface area (Å²) in [4.78, 5) is 48.2. The molecule has 1 aliphatic heterocycles. The second kappa shape index (κ2) is 27.8. The zero-order valence-corrected chi connectivity index (χ0v) is 58.2. The molecule has 5 aromatic carbocycles. The molecule has 15 aromatic heterocycles. The number of halogens is 2. The van der Waals surface area contributed by atoms with Crippen LogP contribution in [0.25, 0.3) is 116 Å². The number of nitrogens with one attached hydrogen (secondary N) is 8. The number of pyridine rings is 8. The molecule has 0 saturated carbocycles. The zero-order valence-electron chi connectivity index (χ0n) is 58.2. The maximum atomic E-state index is 13.2. The number of benzene rings is 5. The lowest BCUT2D eigenvalue weighted by atomic mass is 10.1. The fraction of sp³-hybridized carbons (Fsp3) is 0.0633. The lowest BCUT2D eigenvalue weighted by Gasteiger charge is -2.40. The number of para-hydroxylation sites is 1. The first kappa shape index (κ1) is 66.4. The van der Waals surface area contributed by atoms with Gasteiger partial charge in [-0.2, -0.15) is 35.7 Å². The van der Waals surface area contributed by atoms with Crippen molar-refractivity contribution in [2.24, 2.45) is 5.73 Å². The van der Waals surface area contributed by atoms with Crippen LogP contribution in [0.4, 0.5) is 60.6 Å². The number of aromatic amines is 4. The lowest BCUT2D eigenvalue weighted by molar-refractivity contribution is -0.0265. The summed E-state index contributed by atoms with van der Waals surface area (Å²) in [5.41, 5.74) is 18.9. The van der Waals surface area contributed by atoms with Crippen LogP contribution < -0.4 is 31.9 Å². The highest BCUT2D eigenvalue weighted by atomic mass is 19.3. The van der Waals surface area contributed by atoms with Crippen molar-refractivity contribution < 1.29 is 13.6 Å². The van der Waals surface area contributed by atoms with Crippen molar-refractivity contribution in [2.45, 2.75) is 19.8 Å². The molecule has 29 nitrogen and oxygen atoms in total. The van der Waals surface area contributed by atoms with Crippen molar-refractivity contribution in [1.82, 2.24) is 110 Å². The summed E-state index contributed by atoms with van der Waals surface area (Å²) in [5, 5.41) is 64.6. The number of H-pyrrole nitrogens is 4. The Morgan fingerprint density at radius 3 is 1.24 bits per heavy atom. The number of fused-ring (bicyclic) bond motifs is 9. The van der Waals surface area contributed by atoms with Gasteiger partial charge >= 0.3 is 0 Å². The Balaban J connectivity index is 0.000000103. The molecule has 1 amide bonds. The van der Waals surface area contributed by atoms with E-state index in [9.17, 15) is 13.6 Å². The Morgan fingerprint density at radius 2 is 0.827 bits per heavy atom.